The summed E-state index contributed by atoms with van der Waals surface area (Å²) >= 11 is 0. The molecule has 3 aromatic rings. The first-order valence-electron chi connectivity index (χ1n) is 8.47. The number of aromatic nitrogens is 4. The number of aromatic amines is 1. The summed E-state index contributed by atoms with van der Waals surface area (Å²) in [6.07, 6.45) is -0.0816. The summed E-state index contributed by atoms with van der Waals surface area (Å²) in [5.41, 5.74) is 1.60. The third-order valence-electron chi connectivity index (χ3n) is 4.53. The predicted molar refractivity (Wildman–Crippen MR) is 93.4 cm³/mol. The summed E-state index contributed by atoms with van der Waals surface area (Å²) in [7, 11) is 0. The minimum absolute atomic E-state index is 0.0102. The smallest absolute Gasteiger partial charge is 0.270 e. The van der Waals surface area contributed by atoms with E-state index in [0.717, 1.165) is 22.6 Å². The lowest BCUT2D eigenvalue weighted by Gasteiger charge is -2.32. The SMILES string of the molecule is Cc1nc(C)n(C[C@H]2CN(C(=O)c3cc4ccccc4[nH]3)CCO2)n1. The van der Waals surface area contributed by atoms with Crippen LogP contribution in [0, 0.1) is 13.8 Å². The van der Waals surface area contributed by atoms with E-state index in [4.69, 9.17) is 4.74 Å². The molecule has 0 saturated carbocycles. The van der Waals surface area contributed by atoms with E-state index in [1.807, 2.05) is 53.8 Å². The maximum absolute atomic E-state index is 12.8. The van der Waals surface area contributed by atoms with Crippen molar-refractivity contribution in [3.8, 4) is 0 Å². The molecule has 25 heavy (non-hydrogen) atoms. The summed E-state index contributed by atoms with van der Waals surface area (Å²) in [5, 5.41) is 5.42. The van der Waals surface area contributed by atoms with Crippen LogP contribution in [0.2, 0.25) is 0 Å². The molecule has 1 aromatic carbocycles. The van der Waals surface area contributed by atoms with Gasteiger partial charge in [-0.05, 0) is 26.0 Å². The lowest BCUT2D eigenvalue weighted by molar-refractivity contribution is -0.0304. The molecule has 0 unspecified atom stereocenters. The summed E-state index contributed by atoms with van der Waals surface area (Å²) in [6, 6.07) is 9.82. The molecule has 0 aliphatic carbocycles. The lowest BCUT2D eigenvalue weighted by atomic mass is 10.2. The number of morpholine rings is 1. The molecule has 7 nitrogen and oxygen atoms in total. The van der Waals surface area contributed by atoms with Crippen LogP contribution < -0.4 is 0 Å². The van der Waals surface area contributed by atoms with Crippen molar-refractivity contribution in [2.45, 2.75) is 26.5 Å². The third kappa shape index (κ3) is 3.15. The van der Waals surface area contributed by atoms with Gasteiger partial charge < -0.3 is 14.6 Å². The largest absolute Gasteiger partial charge is 0.373 e. The zero-order chi connectivity index (χ0) is 17.4. The van der Waals surface area contributed by atoms with Crippen LogP contribution in [0.5, 0.6) is 0 Å². The average molecular weight is 339 g/mol. The second-order valence-corrected chi connectivity index (χ2v) is 6.40. The van der Waals surface area contributed by atoms with Gasteiger partial charge in [0.25, 0.3) is 5.91 Å². The van der Waals surface area contributed by atoms with Crippen LogP contribution in [0.25, 0.3) is 10.9 Å². The normalized spacial score (nSPS) is 18.0. The molecular weight excluding hydrogens is 318 g/mol. The molecule has 1 saturated heterocycles. The molecule has 7 heteroatoms. The third-order valence-corrected chi connectivity index (χ3v) is 4.53. The van der Waals surface area contributed by atoms with Gasteiger partial charge in [0.15, 0.2) is 0 Å². The quantitative estimate of drug-likeness (QED) is 0.791. The number of nitrogens with one attached hydrogen (secondary N) is 1. The Kier molecular flexibility index (Phi) is 4.01. The van der Waals surface area contributed by atoms with E-state index >= 15 is 0 Å². The van der Waals surface area contributed by atoms with Gasteiger partial charge in [0.2, 0.25) is 0 Å². The van der Waals surface area contributed by atoms with E-state index in [1.165, 1.54) is 0 Å². The Morgan fingerprint density at radius 2 is 2.20 bits per heavy atom. The number of carbonyl (C=O) groups is 1. The number of benzene rings is 1. The van der Waals surface area contributed by atoms with E-state index in [1.54, 1.807) is 0 Å². The van der Waals surface area contributed by atoms with E-state index in [0.29, 0.717) is 31.9 Å². The maximum Gasteiger partial charge on any atom is 0.270 e. The van der Waals surface area contributed by atoms with Crippen molar-refractivity contribution in [2.24, 2.45) is 0 Å². The molecule has 0 bridgehead atoms. The number of hydrogen-bond acceptors (Lipinski definition) is 4. The Morgan fingerprint density at radius 1 is 1.36 bits per heavy atom. The first kappa shape index (κ1) is 15.8. The molecule has 1 atom stereocenters. The van der Waals surface area contributed by atoms with Crippen LogP contribution in [-0.2, 0) is 11.3 Å². The highest BCUT2D eigenvalue weighted by Gasteiger charge is 2.27. The van der Waals surface area contributed by atoms with Gasteiger partial charge in [-0.3, -0.25) is 4.79 Å². The van der Waals surface area contributed by atoms with Gasteiger partial charge in [-0.15, -0.1) is 0 Å². The van der Waals surface area contributed by atoms with Crippen LogP contribution >= 0.6 is 0 Å². The first-order chi connectivity index (χ1) is 12.1. The molecule has 0 radical (unpaired) electrons. The highest BCUT2D eigenvalue weighted by Crippen LogP contribution is 2.18. The fraction of sp³-hybridized carbons (Fsp3) is 0.389. The van der Waals surface area contributed by atoms with Crippen molar-refractivity contribution in [3.63, 3.8) is 0 Å². The standard InChI is InChI=1S/C18H21N5O2/c1-12-19-13(2)23(21-12)11-15-10-22(7-8-25-15)18(24)17-9-14-5-3-4-6-16(14)20-17/h3-6,9,15,20H,7-8,10-11H2,1-2H3/t15-/m1/s1. The number of fused-ring (bicyclic) bond motifs is 1. The zero-order valence-corrected chi connectivity index (χ0v) is 14.4. The van der Waals surface area contributed by atoms with Crippen LogP contribution in [0.4, 0.5) is 0 Å². The predicted octanol–water partition coefficient (Wildman–Crippen LogP) is 1.92. The van der Waals surface area contributed by atoms with E-state index in [-0.39, 0.29) is 12.0 Å². The van der Waals surface area contributed by atoms with Gasteiger partial charge in [0.1, 0.15) is 17.3 Å². The molecule has 2 aromatic heterocycles. The van der Waals surface area contributed by atoms with Crippen molar-refractivity contribution in [3.05, 3.63) is 47.7 Å². The van der Waals surface area contributed by atoms with Crippen molar-refractivity contribution in [2.75, 3.05) is 19.7 Å². The van der Waals surface area contributed by atoms with E-state index in [9.17, 15) is 4.79 Å². The Bertz CT molecular complexity index is 880. The summed E-state index contributed by atoms with van der Waals surface area (Å²) in [6.45, 7) is 6.08. The van der Waals surface area contributed by atoms with E-state index < -0.39 is 0 Å². The van der Waals surface area contributed by atoms with Gasteiger partial charge in [-0.2, -0.15) is 5.10 Å². The number of ether oxygens (including phenoxy) is 1. The molecule has 130 valence electrons. The van der Waals surface area contributed by atoms with Gasteiger partial charge in [-0.1, -0.05) is 18.2 Å². The van der Waals surface area contributed by atoms with Crippen LogP contribution in [0.1, 0.15) is 22.1 Å². The topological polar surface area (TPSA) is 76.0 Å². The highest BCUT2D eigenvalue weighted by atomic mass is 16.5. The van der Waals surface area contributed by atoms with Gasteiger partial charge in [0, 0.05) is 24.0 Å². The van der Waals surface area contributed by atoms with Crippen LogP contribution in [-0.4, -0.2) is 56.4 Å². The molecule has 0 spiro atoms. The number of nitrogens with zero attached hydrogens (tertiary/aromatic N) is 4. The van der Waals surface area contributed by atoms with Gasteiger partial charge in [0.05, 0.1) is 19.3 Å². The highest BCUT2D eigenvalue weighted by molar-refractivity contribution is 5.98. The fourth-order valence-corrected chi connectivity index (χ4v) is 3.30. The molecule has 1 aliphatic heterocycles. The summed E-state index contributed by atoms with van der Waals surface area (Å²) in [4.78, 5) is 22.2. The maximum atomic E-state index is 12.8. The second kappa shape index (κ2) is 6.33. The number of hydrogen-bond donors (Lipinski definition) is 1. The number of rotatable bonds is 3. The minimum Gasteiger partial charge on any atom is -0.373 e. The molecule has 1 N–H and O–H groups in total. The Morgan fingerprint density at radius 3 is 2.96 bits per heavy atom. The fourth-order valence-electron chi connectivity index (χ4n) is 3.30. The number of para-hydroxylation sites is 1. The van der Waals surface area contributed by atoms with Crippen molar-refractivity contribution < 1.29 is 9.53 Å². The van der Waals surface area contributed by atoms with Crippen molar-refractivity contribution >= 4 is 16.8 Å². The molecule has 4 rings (SSSR count). The van der Waals surface area contributed by atoms with Gasteiger partial charge in [-0.25, -0.2) is 9.67 Å². The molecule has 3 heterocycles. The Labute approximate surface area is 145 Å². The van der Waals surface area contributed by atoms with Crippen molar-refractivity contribution in [1.82, 2.24) is 24.6 Å². The van der Waals surface area contributed by atoms with Crippen molar-refractivity contribution in [1.29, 1.82) is 0 Å². The molecular formula is C18H21N5O2. The number of aryl methyl sites for hydroxylation is 2. The second-order valence-electron chi connectivity index (χ2n) is 6.40. The van der Waals surface area contributed by atoms with Crippen LogP contribution in [0.15, 0.2) is 30.3 Å². The Hall–Kier alpha value is -2.67. The molecule has 1 amide bonds. The van der Waals surface area contributed by atoms with Gasteiger partial charge >= 0.3 is 0 Å². The average Bonchev–Trinajstić information content (AvgIpc) is 3.17. The number of amides is 1. The molecule has 1 aliphatic rings. The summed E-state index contributed by atoms with van der Waals surface area (Å²) in [5.74, 6) is 1.62. The number of carbonyl (C=O) groups excluding carboxylic acids is 1. The molecule has 1 fully saturated rings. The zero-order valence-electron chi connectivity index (χ0n) is 14.4. The van der Waals surface area contributed by atoms with Crippen LogP contribution in [0.3, 0.4) is 0 Å². The monoisotopic (exact) mass is 339 g/mol. The summed E-state index contributed by atoms with van der Waals surface area (Å²) < 4.78 is 7.67. The lowest BCUT2D eigenvalue weighted by Crippen LogP contribution is -2.47. The number of H-pyrrole nitrogens is 1. The minimum atomic E-state index is -0.0816. The van der Waals surface area contributed by atoms with E-state index in [2.05, 4.69) is 15.1 Å². The Balaban J connectivity index is 1.48. The first-order valence-corrected chi connectivity index (χ1v) is 8.47.